The Bertz CT molecular complexity index is 375. The molecule has 1 aromatic rings. The molecule has 1 aromatic carbocycles. The van der Waals surface area contributed by atoms with Crippen LogP contribution in [-0.2, 0) is 22.7 Å². The van der Waals surface area contributed by atoms with E-state index < -0.39 is 0 Å². The highest BCUT2D eigenvalue weighted by Crippen LogP contribution is 2.07. The van der Waals surface area contributed by atoms with Gasteiger partial charge in [-0.3, -0.25) is 4.79 Å². The number of amides is 1. The zero-order chi connectivity index (χ0) is 13.2. The highest BCUT2D eigenvalue weighted by atomic mass is 35.5. The van der Waals surface area contributed by atoms with Gasteiger partial charge < -0.3 is 20.5 Å². The van der Waals surface area contributed by atoms with Crippen molar-refractivity contribution in [2.75, 3.05) is 26.8 Å². The lowest BCUT2D eigenvalue weighted by Crippen LogP contribution is -2.35. The number of rotatable bonds is 8. The van der Waals surface area contributed by atoms with E-state index in [1.807, 2.05) is 24.3 Å². The number of ether oxygens (including phenoxy) is 1. The molecule has 0 fully saturated rings. The molecule has 108 valence electrons. The Morgan fingerprint density at radius 2 is 2.00 bits per heavy atom. The standard InChI is InChI=1S/C13H20N2O3.ClH/c1-18-7-6-14-9-13(17)15-8-11-4-2-3-5-12(11)10-16;/h2-5,14,16H,6-10H2,1H3,(H,15,17);1H. The summed E-state index contributed by atoms with van der Waals surface area (Å²) in [4.78, 5) is 11.5. The van der Waals surface area contributed by atoms with Crippen molar-refractivity contribution in [1.29, 1.82) is 0 Å². The van der Waals surface area contributed by atoms with Gasteiger partial charge in [-0.05, 0) is 11.1 Å². The van der Waals surface area contributed by atoms with Crippen molar-refractivity contribution in [2.24, 2.45) is 0 Å². The molecule has 0 bridgehead atoms. The molecule has 0 heterocycles. The molecule has 0 atom stereocenters. The molecule has 1 rings (SSSR count). The van der Waals surface area contributed by atoms with Crippen molar-refractivity contribution >= 4 is 18.3 Å². The molecule has 0 radical (unpaired) electrons. The van der Waals surface area contributed by atoms with E-state index in [1.54, 1.807) is 7.11 Å². The first kappa shape index (κ1) is 17.9. The summed E-state index contributed by atoms with van der Waals surface area (Å²) >= 11 is 0. The topological polar surface area (TPSA) is 70.6 Å². The largest absolute Gasteiger partial charge is 0.392 e. The smallest absolute Gasteiger partial charge is 0.234 e. The molecule has 0 aliphatic carbocycles. The van der Waals surface area contributed by atoms with Crippen LogP contribution in [0.5, 0.6) is 0 Å². The summed E-state index contributed by atoms with van der Waals surface area (Å²) in [5.74, 6) is -0.0705. The van der Waals surface area contributed by atoms with E-state index in [1.165, 1.54) is 0 Å². The first-order valence-electron chi connectivity index (χ1n) is 5.92. The van der Waals surface area contributed by atoms with Gasteiger partial charge in [0.15, 0.2) is 0 Å². The maximum atomic E-state index is 11.5. The average Bonchev–Trinajstić information content (AvgIpc) is 2.41. The molecule has 19 heavy (non-hydrogen) atoms. The first-order valence-corrected chi connectivity index (χ1v) is 5.92. The molecule has 5 nitrogen and oxygen atoms in total. The Kier molecular flexibility index (Phi) is 10.1. The number of methoxy groups -OCH3 is 1. The molecule has 0 unspecified atom stereocenters. The summed E-state index contributed by atoms with van der Waals surface area (Å²) in [6.07, 6.45) is 0. The maximum Gasteiger partial charge on any atom is 0.234 e. The average molecular weight is 289 g/mol. The number of aliphatic hydroxyl groups excluding tert-OH is 1. The van der Waals surface area contributed by atoms with Crippen LogP contribution in [-0.4, -0.2) is 37.8 Å². The Morgan fingerprint density at radius 3 is 2.63 bits per heavy atom. The molecule has 1 amide bonds. The van der Waals surface area contributed by atoms with Gasteiger partial charge in [0.2, 0.25) is 5.91 Å². The van der Waals surface area contributed by atoms with Gasteiger partial charge in [0.05, 0.1) is 19.8 Å². The van der Waals surface area contributed by atoms with E-state index in [-0.39, 0.29) is 31.5 Å². The molecule has 3 N–H and O–H groups in total. The van der Waals surface area contributed by atoms with E-state index in [4.69, 9.17) is 9.84 Å². The van der Waals surface area contributed by atoms with Gasteiger partial charge in [-0.25, -0.2) is 0 Å². The van der Waals surface area contributed by atoms with Crippen molar-refractivity contribution in [2.45, 2.75) is 13.2 Å². The number of aliphatic hydroxyl groups is 1. The second-order valence-corrected chi connectivity index (χ2v) is 3.87. The van der Waals surface area contributed by atoms with Crippen LogP contribution in [0.25, 0.3) is 0 Å². The van der Waals surface area contributed by atoms with Gasteiger partial charge in [-0.15, -0.1) is 12.4 Å². The zero-order valence-corrected chi connectivity index (χ0v) is 11.8. The van der Waals surface area contributed by atoms with Crippen molar-refractivity contribution < 1.29 is 14.6 Å². The molecule has 0 saturated heterocycles. The number of nitrogens with one attached hydrogen (secondary N) is 2. The summed E-state index contributed by atoms with van der Waals surface area (Å²) in [5.41, 5.74) is 1.77. The molecule has 0 aliphatic rings. The van der Waals surface area contributed by atoms with E-state index in [2.05, 4.69) is 10.6 Å². The summed E-state index contributed by atoms with van der Waals surface area (Å²) in [7, 11) is 1.62. The van der Waals surface area contributed by atoms with Crippen LogP contribution in [0.1, 0.15) is 11.1 Å². The second-order valence-electron chi connectivity index (χ2n) is 3.87. The minimum absolute atomic E-state index is 0. The van der Waals surface area contributed by atoms with Gasteiger partial charge in [0.1, 0.15) is 0 Å². The number of halogens is 1. The zero-order valence-electron chi connectivity index (χ0n) is 11.0. The van der Waals surface area contributed by atoms with E-state index >= 15 is 0 Å². The number of hydrogen-bond acceptors (Lipinski definition) is 4. The third kappa shape index (κ3) is 7.12. The molecular formula is C13H21ClN2O3. The van der Waals surface area contributed by atoms with Gasteiger partial charge in [0.25, 0.3) is 0 Å². The highest BCUT2D eigenvalue weighted by Gasteiger charge is 2.03. The van der Waals surface area contributed by atoms with Gasteiger partial charge in [-0.2, -0.15) is 0 Å². The monoisotopic (exact) mass is 288 g/mol. The number of benzene rings is 1. The lowest BCUT2D eigenvalue weighted by atomic mass is 10.1. The Balaban J connectivity index is 0.00000324. The van der Waals surface area contributed by atoms with Crippen molar-refractivity contribution in [3.8, 4) is 0 Å². The number of hydrogen-bond donors (Lipinski definition) is 3. The SMILES string of the molecule is COCCNCC(=O)NCc1ccccc1CO.Cl. The first-order chi connectivity index (χ1) is 8.77. The predicted molar refractivity (Wildman–Crippen MR) is 76.2 cm³/mol. The highest BCUT2D eigenvalue weighted by molar-refractivity contribution is 5.85. The lowest BCUT2D eigenvalue weighted by molar-refractivity contribution is -0.120. The molecule has 0 saturated carbocycles. The van der Waals surface area contributed by atoms with Crippen LogP contribution in [0.15, 0.2) is 24.3 Å². The Morgan fingerprint density at radius 1 is 1.32 bits per heavy atom. The molecule has 0 aliphatic heterocycles. The summed E-state index contributed by atoms with van der Waals surface area (Å²) < 4.78 is 4.86. The van der Waals surface area contributed by atoms with E-state index in [0.29, 0.717) is 19.7 Å². The van der Waals surface area contributed by atoms with Crippen molar-refractivity contribution in [3.05, 3.63) is 35.4 Å². The summed E-state index contributed by atoms with van der Waals surface area (Å²) in [5, 5.41) is 14.9. The van der Waals surface area contributed by atoms with Crippen molar-refractivity contribution in [1.82, 2.24) is 10.6 Å². The van der Waals surface area contributed by atoms with Crippen LogP contribution < -0.4 is 10.6 Å². The predicted octanol–water partition coefficient (Wildman–Crippen LogP) is 0.453. The fraction of sp³-hybridized carbons (Fsp3) is 0.462. The normalized spacial score (nSPS) is 9.79. The van der Waals surface area contributed by atoms with Crippen LogP contribution >= 0.6 is 12.4 Å². The third-order valence-corrected chi connectivity index (χ3v) is 2.53. The van der Waals surface area contributed by atoms with Crippen LogP contribution in [0.4, 0.5) is 0 Å². The van der Waals surface area contributed by atoms with Gasteiger partial charge in [-0.1, -0.05) is 24.3 Å². The Labute approximate surface area is 119 Å². The van der Waals surface area contributed by atoms with Crippen LogP contribution in [0.2, 0.25) is 0 Å². The minimum atomic E-state index is -0.0705. The van der Waals surface area contributed by atoms with Gasteiger partial charge >= 0.3 is 0 Å². The number of carbonyl (C=O) groups is 1. The van der Waals surface area contributed by atoms with Crippen LogP contribution in [0.3, 0.4) is 0 Å². The van der Waals surface area contributed by atoms with E-state index in [0.717, 1.165) is 11.1 Å². The van der Waals surface area contributed by atoms with Crippen molar-refractivity contribution in [3.63, 3.8) is 0 Å². The number of carbonyl (C=O) groups excluding carboxylic acids is 1. The van der Waals surface area contributed by atoms with Gasteiger partial charge in [0, 0.05) is 20.2 Å². The van der Waals surface area contributed by atoms with Crippen LogP contribution in [0, 0.1) is 0 Å². The lowest BCUT2D eigenvalue weighted by Gasteiger charge is -2.09. The minimum Gasteiger partial charge on any atom is -0.392 e. The Hall–Kier alpha value is -1.14. The molecular weight excluding hydrogens is 268 g/mol. The maximum absolute atomic E-state index is 11.5. The molecule has 6 heteroatoms. The summed E-state index contributed by atoms with van der Waals surface area (Å²) in [6.45, 7) is 1.92. The third-order valence-electron chi connectivity index (χ3n) is 2.53. The molecule has 0 spiro atoms. The fourth-order valence-electron chi connectivity index (χ4n) is 1.52. The van der Waals surface area contributed by atoms with E-state index in [9.17, 15) is 4.79 Å². The summed E-state index contributed by atoms with van der Waals surface area (Å²) in [6, 6.07) is 7.49. The fourth-order valence-corrected chi connectivity index (χ4v) is 1.52. The second kappa shape index (κ2) is 10.8. The molecule has 0 aromatic heterocycles. The quantitative estimate of drug-likeness (QED) is 0.608.